The second-order valence-electron chi connectivity index (χ2n) is 11.3. The quantitative estimate of drug-likeness (QED) is 0.258. The highest BCUT2D eigenvalue weighted by Gasteiger charge is 2.34. The van der Waals surface area contributed by atoms with Gasteiger partial charge in [0.15, 0.2) is 0 Å². The van der Waals surface area contributed by atoms with Crippen LogP contribution in [-0.2, 0) is 12.8 Å². The molecule has 3 aliphatic rings. The minimum absolute atomic E-state index is 0.140. The molecule has 7 rings (SSSR count). The molecule has 0 heterocycles. The van der Waals surface area contributed by atoms with Crippen LogP contribution in [0.2, 0.25) is 0 Å². The molecule has 4 aromatic rings. The molecule has 0 aliphatic heterocycles. The van der Waals surface area contributed by atoms with Gasteiger partial charge in [0.25, 0.3) is 0 Å². The largest absolute Gasteiger partial charge is 0.0683 e. The van der Waals surface area contributed by atoms with Gasteiger partial charge in [-0.1, -0.05) is 113 Å². The summed E-state index contributed by atoms with van der Waals surface area (Å²) < 4.78 is 0. The van der Waals surface area contributed by atoms with E-state index in [1.807, 2.05) is 0 Å². The van der Waals surface area contributed by atoms with Crippen molar-refractivity contribution in [2.45, 2.75) is 88.4 Å². The van der Waals surface area contributed by atoms with Gasteiger partial charge in [-0.2, -0.15) is 0 Å². The van der Waals surface area contributed by atoms with Gasteiger partial charge in [0.05, 0.1) is 0 Å². The molecular weight excluding hydrogens is 439 g/mol. The van der Waals surface area contributed by atoms with Crippen molar-refractivity contribution in [1.29, 1.82) is 0 Å². The molecule has 0 atom stereocenters. The average molecular weight is 477 g/mol. The summed E-state index contributed by atoms with van der Waals surface area (Å²) in [6.07, 6.45) is 16.9. The van der Waals surface area contributed by atoms with E-state index in [4.69, 9.17) is 0 Å². The van der Waals surface area contributed by atoms with E-state index in [1.54, 1.807) is 32.9 Å². The molecule has 1 heteroatoms. The van der Waals surface area contributed by atoms with E-state index < -0.39 is 0 Å². The Morgan fingerprint density at radius 1 is 0.514 bits per heavy atom. The molecule has 0 radical (unpaired) electrons. The summed E-state index contributed by atoms with van der Waals surface area (Å²) in [4.78, 5) is 0. The lowest BCUT2D eigenvalue weighted by atomic mass is 9.80. The molecule has 2 saturated carbocycles. The molecule has 3 aliphatic carbocycles. The second-order valence-corrected chi connectivity index (χ2v) is 14.0. The molecule has 35 heavy (non-hydrogen) atoms. The summed E-state index contributed by atoms with van der Waals surface area (Å²) >= 11 is 0. The predicted molar refractivity (Wildman–Crippen MR) is 155 cm³/mol. The van der Waals surface area contributed by atoms with Gasteiger partial charge in [-0.3, -0.25) is 0 Å². The highest BCUT2D eigenvalue weighted by molar-refractivity contribution is 7.67. The third-order valence-electron chi connectivity index (χ3n) is 9.25. The normalized spacial score (nSPS) is 19.2. The number of hydrogen-bond acceptors (Lipinski definition) is 0. The smallest absolute Gasteiger partial charge is 0.00251 e. The Hall–Kier alpha value is -2.17. The van der Waals surface area contributed by atoms with Gasteiger partial charge in [-0.25, -0.2) is 0 Å². The van der Waals surface area contributed by atoms with Crippen molar-refractivity contribution in [1.82, 2.24) is 0 Å². The molecular formula is C34H37P. The van der Waals surface area contributed by atoms with Crippen molar-refractivity contribution in [2.24, 2.45) is 0 Å². The van der Waals surface area contributed by atoms with Gasteiger partial charge in [-0.05, 0) is 98.9 Å². The zero-order valence-corrected chi connectivity index (χ0v) is 21.8. The van der Waals surface area contributed by atoms with Crippen molar-refractivity contribution < 1.29 is 0 Å². The Labute approximate surface area is 211 Å². The highest BCUT2D eigenvalue weighted by Crippen LogP contribution is 2.57. The van der Waals surface area contributed by atoms with Crippen molar-refractivity contribution in [3.05, 3.63) is 77.9 Å². The maximum atomic E-state index is 2.58. The molecule has 178 valence electrons. The summed E-state index contributed by atoms with van der Waals surface area (Å²) in [6.45, 7) is 0. The SMILES string of the molecule is c1ccc2c3c(ccc2c1)CCc1ccc2cccc(P(C4CCCCC4)C4CCCCC4)c2c1-3. The van der Waals surface area contributed by atoms with Crippen molar-refractivity contribution in [3.63, 3.8) is 0 Å². The first-order chi connectivity index (χ1) is 17.4. The van der Waals surface area contributed by atoms with Crippen molar-refractivity contribution >= 4 is 34.8 Å². The Bertz CT molecular complexity index is 1350. The van der Waals surface area contributed by atoms with Gasteiger partial charge in [0.2, 0.25) is 0 Å². The molecule has 2 fully saturated rings. The molecule has 0 saturated heterocycles. The average Bonchev–Trinajstić information content (AvgIpc) is 2.94. The van der Waals surface area contributed by atoms with E-state index in [0.717, 1.165) is 11.3 Å². The predicted octanol–water partition coefficient (Wildman–Crippen LogP) is 9.53. The number of aryl methyl sites for hydroxylation is 2. The molecule has 0 spiro atoms. The third kappa shape index (κ3) is 3.84. The summed E-state index contributed by atoms with van der Waals surface area (Å²) in [5, 5.41) is 7.70. The van der Waals surface area contributed by atoms with E-state index in [2.05, 4.69) is 66.7 Å². The molecule has 4 aromatic carbocycles. The van der Waals surface area contributed by atoms with Gasteiger partial charge >= 0.3 is 0 Å². The molecule has 0 amide bonds. The van der Waals surface area contributed by atoms with Crippen LogP contribution < -0.4 is 5.30 Å². The van der Waals surface area contributed by atoms with Gasteiger partial charge in [0.1, 0.15) is 0 Å². The summed E-state index contributed by atoms with van der Waals surface area (Å²) in [6, 6.07) is 26.1. The minimum Gasteiger partial charge on any atom is -0.0683 e. The monoisotopic (exact) mass is 476 g/mol. The van der Waals surface area contributed by atoms with Crippen LogP contribution in [0.1, 0.15) is 75.3 Å². The highest BCUT2D eigenvalue weighted by atomic mass is 31.1. The fourth-order valence-corrected chi connectivity index (χ4v) is 11.6. The van der Waals surface area contributed by atoms with Crippen LogP contribution in [0.25, 0.3) is 32.7 Å². The lowest BCUT2D eigenvalue weighted by Gasteiger charge is -2.40. The fraction of sp³-hybridized carbons (Fsp3) is 0.412. The van der Waals surface area contributed by atoms with E-state index in [9.17, 15) is 0 Å². The Kier molecular flexibility index (Phi) is 5.90. The summed E-state index contributed by atoms with van der Waals surface area (Å²) in [5.74, 6) is 0. The van der Waals surface area contributed by atoms with Crippen LogP contribution in [0.3, 0.4) is 0 Å². The zero-order valence-electron chi connectivity index (χ0n) is 20.9. The Balaban J connectivity index is 1.51. The maximum Gasteiger partial charge on any atom is -0.00251 e. The minimum atomic E-state index is -0.140. The first kappa shape index (κ1) is 22.1. The lowest BCUT2D eigenvalue weighted by Crippen LogP contribution is -2.27. The Morgan fingerprint density at radius 3 is 1.83 bits per heavy atom. The third-order valence-corrected chi connectivity index (χ3v) is 12.8. The molecule has 0 unspecified atom stereocenters. The van der Waals surface area contributed by atoms with E-state index in [0.29, 0.717) is 0 Å². The number of fused-ring (bicyclic) bond motifs is 7. The van der Waals surface area contributed by atoms with Crippen LogP contribution in [0.5, 0.6) is 0 Å². The Morgan fingerprint density at radius 2 is 1.11 bits per heavy atom. The van der Waals surface area contributed by atoms with Crippen LogP contribution in [-0.4, -0.2) is 11.3 Å². The maximum absolute atomic E-state index is 2.58. The topological polar surface area (TPSA) is 0 Å². The summed E-state index contributed by atoms with van der Waals surface area (Å²) in [5.41, 5.74) is 8.13. The van der Waals surface area contributed by atoms with E-state index >= 15 is 0 Å². The first-order valence-electron chi connectivity index (χ1n) is 14.2. The fourth-order valence-electron chi connectivity index (χ4n) is 7.61. The standard InChI is InChI=1S/C34H37P/c1-3-12-28(13-4-1)35(29-14-5-2-6-15-29)31-17-9-11-25-20-22-27-23-21-26-19-18-24-10-7-8-16-30(24)32(26)34(27)33(25)31/h7-11,16-20,22,28-29H,1-6,12-15,21,23H2. The number of hydrogen-bond donors (Lipinski definition) is 0. The lowest BCUT2D eigenvalue weighted by molar-refractivity contribution is 0.487. The molecule has 0 N–H and O–H groups in total. The van der Waals surface area contributed by atoms with E-state index in [-0.39, 0.29) is 7.92 Å². The molecule has 0 nitrogen and oxygen atoms in total. The van der Waals surface area contributed by atoms with Crippen LogP contribution in [0.15, 0.2) is 66.7 Å². The van der Waals surface area contributed by atoms with Gasteiger partial charge < -0.3 is 0 Å². The van der Waals surface area contributed by atoms with Gasteiger partial charge in [0, 0.05) is 0 Å². The molecule has 0 aromatic heterocycles. The van der Waals surface area contributed by atoms with Crippen LogP contribution >= 0.6 is 7.92 Å². The van der Waals surface area contributed by atoms with Crippen LogP contribution in [0.4, 0.5) is 0 Å². The molecule has 0 bridgehead atoms. The van der Waals surface area contributed by atoms with Crippen molar-refractivity contribution in [2.75, 3.05) is 0 Å². The summed E-state index contributed by atoms with van der Waals surface area (Å²) in [7, 11) is -0.140. The number of rotatable bonds is 3. The van der Waals surface area contributed by atoms with Crippen LogP contribution in [0, 0.1) is 0 Å². The van der Waals surface area contributed by atoms with Crippen molar-refractivity contribution in [3.8, 4) is 11.1 Å². The first-order valence-corrected chi connectivity index (χ1v) is 15.7. The number of benzene rings is 4. The second kappa shape index (κ2) is 9.37. The van der Waals surface area contributed by atoms with E-state index in [1.165, 1.54) is 93.2 Å². The van der Waals surface area contributed by atoms with Gasteiger partial charge in [-0.15, -0.1) is 0 Å². The zero-order chi connectivity index (χ0) is 23.2.